The molecule has 1 aliphatic rings. The Morgan fingerprint density at radius 1 is 1.23 bits per heavy atom. The molecule has 2 atom stereocenters. The fourth-order valence-electron chi connectivity index (χ4n) is 3.76. The minimum Gasteiger partial charge on any atom is -0.357 e. The fraction of sp³-hybridized carbons (Fsp3) is 0.952. The zero-order valence-corrected chi connectivity index (χ0v) is 18.2. The Morgan fingerprint density at radius 2 is 2.00 bits per heavy atom. The molecule has 0 saturated carbocycles. The van der Waals surface area contributed by atoms with Crippen LogP contribution in [0.25, 0.3) is 0 Å². The van der Waals surface area contributed by atoms with Crippen LogP contribution >= 0.6 is 0 Å². The summed E-state index contributed by atoms with van der Waals surface area (Å²) in [5.41, 5.74) is 0. The number of hydrogen-bond acceptors (Lipinski definition) is 3. The monoisotopic (exact) mass is 367 g/mol. The summed E-state index contributed by atoms with van der Waals surface area (Å²) in [6.07, 6.45) is 6.34. The lowest BCUT2D eigenvalue weighted by Gasteiger charge is -2.30. The van der Waals surface area contributed by atoms with E-state index in [9.17, 15) is 0 Å². The van der Waals surface area contributed by atoms with Crippen molar-refractivity contribution in [2.75, 3.05) is 52.4 Å². The molecule has 1 saturated heterocycles. The fourth-order valence-corrected chi connectivity index (χ4v) is 3.76. The SMILES string of the molecule is CCNC(=NCCCN1CCCC(C)C1)NC(C)CCCN(CC)CC. The Kier molecular flexibility index (Phi) is 12.8. The van der Waals surface area contributed by atoms with Gasteiger partial charge in [-0.3, -0.25) is 4.99 Å². The summed E-state index contributed by atoms with van der Waals surface area (Å²) in [6.45, 7) is 20.3. The van der Waals surface area contributed by atoms with Gasteiger partial charge in [-0.1, -0.05) is 20.8 Å². The highest BCUT2D eigenvalue weighted by molar-refractivity contribution is 5.80. The molecule has 2 N–H and O–H groups in total. The third-order valence-electron chi connectivity index (χ3n) is 5.38. The van der Waals surface area contributed by atoms with Gasteiger partial charge in [-0.25, -0.2) is 0 Å². The van der Waals surface area contributed by atoms with Crippen molar-refractivity contribution in [3.8, 4) is 0 Å². The second-order valence-corrected chi connectivity index (χ2v) is 7.88. The second kappa shape index (κ2) is 14.3. The lowest BCUT2D eigenvalue weighted by atomic mass is 10.0. The van der Waals surface area contributed by atoms with Crippen molar-refractivity contribution >= 4 is 5.96 Å². The summed E-state index contributed by atoms with van der Waals surface area (Å²) in [4.78, 5) is 9.89. The zero-order chi connectivity index (χ0) is 19.2. The summed E-state index contributed by atoms with van der Waals surface area (Å²) in [7, 11) is 0. The number of nitrogens with zero attached hydrogens (tertiary/aromatic N) is 3. The van der Waals surface area contributed by atoms with Crippen LogP contribution in [0.15, 0.2) is 4.99 Å². The molecule has 0 aliphatic carbocycles. The van der Waals surface area contributed by atoms with Crippen LogP contribution in [0.3, 0.4) is 0 Å². The van der Waals surface area contributed by atoms with E-state index in [1.807, 2.05) is 0 Å². The largest absolute Gasteiger partial charge is 0.357 e. The topological polar surface area (TPSA) is 42.9 Å². The first kappa shape index (κ1) is 23.2. The molecular weight excluding hydrogens is 322 g/mol. The van der Waals surface area contributed by atoms with E-state index < -0.39 is 0 Å². The lowest BCUT2D eigenvalue weighted by Crippen LogP contribution is -2.42. The van der Waals surface area contributed by atoms with E-state index in [2.05, 4.69) is 55.1 Å². The van der Waals surface area contributed by atoms with E-state index in [-0.39, 0.29) is 0 Å². The number of likely N-dealkylation sites (tertiary alicyclic amines) is 1. The van der Waals surface area contributed by atoms with Gasteiger partial charge >= 0.3 is 0 Å². The number of nitrogens with one attached hydrogen (secondary N) is 2. The highest BCUT2D eigenvalue weighted by Gasteiger charge is 2.15. The van der Waals surface area contributed by atoms with Crippen LogP contribution in [0, 0.1) is 5.92 Å². The van der Waals surface area contributed by atoms with E-state index in [0.29, 0.717) is 6.04 Å². The third-order valence-corrected chi connectivity index (χ3v) is 5.38. The number of piperidine rings is 1. The van der Waals surface area contributed by atoms with Crippen LogP contribution in [0.2, 0.25) is 0 Å². The van der Waals surface area contributed by atoms with E-state index in [4.69, 9.17) is 4.99 Å². The maximum absolute atomic E-state index is 4.79. The second-order valence-electron chi connectivity index (χ2n) is 7.88. The molecular formula is C21H45N5. The smallest absolute Gasteiger partial charge is 0.191 e. The Bertz CT molecular complexity index is 367. The van der Waals surface area contributed by atoms with Crippen LogP contribution in [-0.4, -0.2) is 74.2 Å². The van der Waals surface area contributed by atoms with Gasteiger partial charge in [-0.2, -0.15) is 0 Å². The predicted octanol–water partition coefficient (Wildman–Crippen LogP) is 3.17. The molecule has 2 unspecified atom stereocenters. The minimum atomic E-state index is 0.464. The van der Waals surface area contributed by atoms with Gasteiger partial charge in [0, 0.05) is 25.7 Å². The molecule has 0 spiro atoms. The molecule has 5 heteroatoms. The molecule has 1 aliphatic heterocycles. The lowest BCUT2D eigenvalue weighted by molar-refractivity contribution is 0.183. The number of rotatable bonds is 12. The van der Waals surface area contributed by atoms with Gasteiger partial charge in [0.2, 0.25) is 0 Å². The van der Waals surface area contributed by atoms with Crippen molar-refractivity contribution in [3.05, 3.63) is 0 Å². The zero-order valence-electron chi connectivity index (χ0n) is 18.2. The summed E-state index contributed by atoms with van der Waals surface area (Å²) < 4.78 is 0. The van der Waals surface area contributed by atoms with E-state index in [1.54, 1.807) is 0 Å². The Morgan fingerprint density at radius 3 is 2.65 bits per heavy atom. The molecule has 0 aromatic carbocycles. The van der Waals surface area contributed by atoms with Crippen molar-refractivity contribution in [1.82, 2.24) is 20.4 Å². The van der Waals surface area contributed by atoms with Crippen LogP contribution < -0.4 is 10.6 Å². The van der Waals surface area contributed by atoms with Gasteiger partial charge in [-0.05, 0) is 84.6 Å². The van der Waals surface area contributed by atoms with E-state index in [0.717, 1.165) is 44.5 Å². The standard InChI is InChI=1S/C21H45N5/c1-6-22-21(24-20(5)13-10-15-25(7-2)8-3)23-14-11-17-26-16-9-12-19(4)18-26/h19-20H,6-18H2,1-5H3,(H2,22,23,24). The Labute approximate surface area is 163 Å². The third kappa shape index (κ3) is 10.4. The molecule has 0 bridgehead atoms. The highest BCUT2D eigenvalue weighted by Crippen LogP contribution is 2.15. The van der Waals surface area contributed by atoms with Gasteiger partial charge in [0.05, 0.1) is 0 Å². The summed E-state index contributed by atoms with van der Waals surface area (Å²) in [5.74, 6) is 1.85. The Balaban J connectivity index is 2.26. The van der Waals surface area contributed by atoms with Crippen molar-refractivity contribution in [1.29, 1.82) is 0 Å². The maximum Gasteiger partial charge on any atom is 0.191 e. The number of hydrogen-bond donors (Lipinski definition) is 2. The van der Waals surface area contributed by atoms with Crippen molar-refractivity contribution in [2.24, 2.45) is 10.9 Å². The van der Waals surface area contributed by atoms with Gasteiger partial charge in [-0.15, -0.1) is 0 Å². The quantitative estimate of drug-likeness (QED) is 0.316. The average Bonchev–Trinajstić information content (AvgIpc) is 2.62. The molecule has 0 aromatic heterocycles. The molecule has 1 fully saturated rings. The summed E-state index contributed by atoms with van der Waals surface area (Å²) >= 11 is 0. The molecule has 0 amide bonds. The first-order chi connectivity index (χ1) is 12.6. The molecule has 26 heavy (non-hydrogen) atoms. The molecule has 5 nitrogen and oxygen atoms in total. The first-order valence-electron chi connectivity index (χ1n) is 11.1. The molecule has 1 heterocycles. The van der Waals surface area contributed by atoms with E-state index in [1.165, 1.54) is 51.9 Å². The van der Waals surface area contributed by atoms with Crippen LogP contribution in [0.1, 0.15) is 66.7 Å². The van der Waals surface area contributed by atoms with Crippen LogP contribution in [0.5, 0.6) is 0 Å². The van der Waals surface area contributed by atoms with Gasteiger partial charge < -0.3 is 20.4 Å². The number of aliphatic imine (C=N–C) groups is 1. The van der Waals surface area contributed by atoms with E-state index >= 15 is 0 Å². The minimum absolute atomic E-state index is 0.464. The number of guanidine groups is 1. The summed E-state index contributed by atoms with van der Waals surface area (Å²) in [6, 6.07) is 0.464. The average molecular weight is 368 g/mol. The highest BCUT2D eigenvalue weighted by atomic mass is 15.2. The van der Waals surface area contributed by atoms with Crippen LogP contribution in [-0.2, 0) is 0 Å². The normalized spacial score (nSPS) is 20.4. The van der Waals surface area contributed by atoms with Gasteiger partial charge in [0.25, 0.3) is 0 Å². The summed E-state index contributed by atoms with van der Waals surface area (Å²) in [5, 5.41) is 6.98. The molecule has 154 valence electrons. The maximum atomic E-state index is 4.79. The van der Waals surface area contributed by atoms with Gasteiger partial charge in [0.1, 0.15) is 0 Å². The molecule has 0 radical (unpaired) electrons. The predicted molar refractivity (Wildman–Crippen MR) is 115 cm³/mol. The Hall–Kier alpha value is -0.810. The van der Waals surface area contributed by atoms with Crippen molar-refractivity contribution < 1.29 is 0 Å². The molecule has 1 rings (SSSR count). The molecule has 0 aromatic rings. The van der Waals surface area contributed by atoms with Crippen molar-refractivity contribution in [3.63, 3.8) is 0 Å². The van der Waals surface area contributed by atoms with Crippen molar-refractivity contribution in [2.45, 2.75) is 72.8 Å². The van der Waals surface area contributed by atoms with Gasteiger partial charge in [0.15, 0.2) is 5.96 Å². The first-order valence-corrected chi connectivity index (χ1v) is 11.1. The van der Waals surface area contributed by atoms with Crippen LogP contribution in [0.4, 0.5) is 0 Å².